The van der Waals surface area contributed by atoms with Crippen molar-refractivity contribution >= 4 is 19.8 Å². The highest BCUT2D eigenvalue weighted by atomic mass is 31.2. The topological polar surface area (TPSA) is 289 Å². The van der Waals surface area contributed by atoms with Crippen molar-refractivity contribution in [3.05, 3.63) is 24.3 Å². The zero-order chi connectivity index (χ0) is 49.5. The number of carbonyl (C=O) groups is 2. The Labute approximate surface area is 398 Å². The molecule has 19 heteroatoms. The van der Waals surface area contributed by atoms with E-state index in [-0.39, 0.29) is 12.8 Å². The first kappa shape index (κ1) is 61.3. The largest absolute Gasteiger partial charge is 0.472 e. The standard InChI is InChI=1S/C48H87O18P/c1-3-5-7-9-11-13-15-17-19-21-23-25-27-29-31-38(51)63-35(33-61-37(50)30-28-26-24-22-20-18-16-14-12-10-8-6-4-2)34-62-67(59,60)66-47-44(57)42(55)41(54)43(56)46(47)65-48-45(58)40(53)39(52)36(32-49)64-48/h18-21,35-36,39-49,52-58H,3-17,22-34H2,1-2H3,(H,59,60)/b20-18-,21-19-. The van der Waals surface area contributed by atoms with Gasteiger partial charge in [-0.05, 0) is 64.2 Å². The van der Waals surface area contributed by atoms with Crippen LogP contribution in [0.15, 0.2) is 24.3 Å². The van der Waals surface area contributed by atoms with Gasteiger partial charge in [-0.3, -0.25) is 18.6 Å². The first-order chi connectivity index (χ1) is 32.2. The fourth-order valence-corrected chi connectivity index (χ4v) is 8.89. The molecule has 2 rings (SSSR count). The summed E-state index contributed by atoms with van der Waals surface area (Å²) in [6.07, 6.45) is 9.85. The molecule has 0 aromatic carbocycles. The van der Waals surface area contributed by atoms with E-state index in [0.29, 0.717) is 12.8 Å². The summed E-state index contributed by atoms with van der Waals surface area (Å²) in [6.45, 7) is 2.18. The molecular weight excluding hydrogens is 895 g/mol. The Kier molecular flexibility index (Phi) is 33.0. The predicted octanol–water partition coefficient (Wildman–Crippen LogP) is 5.49. The minimum Gasteiger partial charge on any atom is -0.462 e. The lowest BCUT2D eigenvalue weighted by atomic mass is 9.84. The number of phosphoric ester groups is 1. The highest BCUT2D eigenvalue weighted by Crippen LogP contribution is 2.48. The quantitative estimate of drug-likeness (QED) is 0.0160. The Hall–Kier alpha value is -1.87. The predicted molar refractivity (Wildman–Crippen MR) is 249 cm³/mol. The third kappa shape index (κ3) is 25.2. The number of phosphoric acid groups is 1. The summed E-state index contributed by atoms with van der Waals surface area (Å²) in [5.41, 5.74) is 0. The summed E-state index contributed by atoms with van der Waals surface area (Å²) in [5, 5.41) is 82.9. The summed E-state index contributed by atoms with van der Waals surface area (Å²) in [4.78, 5) is 36.5. The summed E-state index contributed by atoms with van der Waals surface area (Å²) in [6, 6.07) is 0. The van der Waals surface area contributed by atoms with Crippen LogP contribution in [0.1, 0.15) is 174 Å². The van der Waals surface area contributed by atoms with Gasteiger partial charge in [0.1, 0.15) is 67.6 Å². The average molecular weight is 983 g/mol. The van der Waals surface area contributed by atoms with Gasteiger partial charge in [0.25, 0.3) is 0 Å². The minimum absolute atomic E-state index is 0.0101. The van der Waals surface area contributed by atoms with Gasteiger partial charge in [0.05, 0.1) is 13.2 Å². The number of allylic oxidation sites excluding steroid dienone is 4. The molecule has 13 atom stereocenters. The second-order valence-electron chi connectivity index (χ2n) is 18.0. The lowest BCUT2D eigenvalue weighted by molar-refractivity contribution is -0.338. The molecule has 392 valence electrons. The maximum absolute atomic E-state index is 13.4. The van der Waals surface area contributed by atoms with E-state index in [2.05, 4.69) is 38.2 Å². The fourth-order valence-electron chi connectivity index (χ4n) is 7.93. The maximum Gasteiger partial charge on any atom is 0.472 e. The van der Waals surface area contributed by atoms with Gasteiger partial charge in [-0.2, -0.15) is 0 Å². The van der Waals surface area contributed by atoms with Crippen molar-refractivity contribution in [2.45, 2.75) is 248 Å². The summed E-state index contributed by atoms with van der Waals surface area (Å²) < 4.78 is 45.4. The Morgan fingerprint density at radius 2 is 0.985 bits per heavy atom. The smallest absolute Gasteiger partial charge is 0.462 e. The highest BCUT2D eigenvalue weighted by Gasteiger charge is 2.55. The molecule has 1 aliphatic heterocycles. The Morgan fingerprint density at radius 3 is 1.48 bits per heavy atom. The van der Waals surface area contributed by atoms with E-state index in [1.165, 1.54) is 83.5 Å². The molecule has 1 heterocycles. The van der Waals surface area contributed by atoms with Crippen LogP contribution in [0.4, 0.5) is 0 Å². The van der Waals surface area contributed by atoms with E-state index in [1.807, 2.05) is 0 Å². The first-order valence-corrected chi connectivity index (χ1v) is 26.7. The zero-order valence-corrected chi connectivity index (χ0v) is 41.1. The van der Waals surface area contributed by atoms with Gasteiger partial charge in [-0.15, -0.1) is 0 Å². The van der Waals surface area contributed by atoms with E-state index in [4.69, 9.17) is 28.0 Å². The number of hydrogen-bond donors (Lipinski definition) is 9. The summed E-state index contributed by atoms with van der Waals surface area (Å²) >= 11 is 0. The monoisotopic (exact) mass is 983 g/mol. The third-order valence-corrected chi connectivity index (χ3v) is 13.1. The molecule has 2 fully saturated rings. The average Bonchev–Trinajstić information content (AvgIpc) is 3.31. The summed E-state index contributed by atoms with van der Waals surface area (Å²) in [7, 11) is -5.38. The van der Waals surface area contributed by atoms with Gasteiger partial charge in [-0.25, -0.2) is 4.57 Å². The Balaban J connectivity index is 1.97. The van der Waals surface area contributed by atoms with Gasteiger partial charge < -0.3 is 64.7 Å². The van der Waals surface area contributed by atoms with Crippen LogP contribution in [-0.2, 0) is 42.1 Å². The normalized spacial score (nSPS) is 28.2. The van der Waals surface area contributed by atoms with E-state index >= 15 is 0 Å². The van der Waals surface area contributed by atoms with Crippen LogP contribution in [0.25, 0.3) is 0 Å². The Bertz CT molecular complexity index is 1400. The molecule has 1 saturated heterocycles. The number of hydrogen-bond acceptors (Lipinski definition) is 17. The van der Waals surface area contributed by atoms with Crippen LogP contribution >= 0.6 is 7.82 Å². The molecule has 0 bridgehead atoms. The number of unbranched alkanes of at least 4 members (excludes halogenated alkanes) is 19. The number of esters is 2. The second kappa shape index (κ2) is 36.1. The van der Waals surface area contributed by atoms with Crippen molar-refractivity contribution in [1.29, 1.82) is 0 Å². The van der Waals surface area contributed by atoms with Crippen molar-refractivity contribution in [3.8, 4) is 0 Å². The van der Waals surface area contributed by atoms with Crippen molar-refractivity contribution in [3.63, 3.8) is 0 Å². The van der Waals surface area contributed by atoms with Crippen molar-refractivity contribution in [1.82, 2.24) is 0 Å². The molecular formula is C48H87O18P. The SMILES string of the molecule is CCCCCCCC/C=C\CCCCCC(=O)OCC(COP(=O)(O)OC1C(O)C(O)C(O)C(O)C1OC1OC(CO)C(O)C(O)C1O)OC(=O)CCCCC/C=C\CCCCCCCCC. The lowest BCUT2D eigenvalue weighted by Gasteiger charge is -2.47. The van der Waals surface area contributed by atoms with Gasteiger partial charge >= 0.3 is 19.8 Å². The zero-order valence-electron chi connectivity index (χ0n) is 40.2. The van der Waals surface area contributed by atoms with E-state index in [9.17, 15) is 59.9 Å². The number of aliphatic hydroxyl groups is 8. The maximum atomic E-state index is 13.4. The molecule has 0 aromatic heterocycles. The molecule has 18 nitrogen and oxygen atoms in total. The van der Waals surface area contributed by atoms with Gasteiger partial charge in [0.2, 0.25) is 0 Å². The number of aliphatic hydroxyl groups excluding tert-OH is 8. The number of ether oxygens (including phenoxy) is 4. The molecule has 2 aliphatic rings. The number of rotatable bonds is 38. The molecule has 0 amide bonds. The van der Waals surface area contributed by atoms with Crippen molar-refractivity contribution in [2.24, 2.45) is 0 Å². The van der Waals surface area contributed by atoms with E-state index in [0.717, 1.165) is 51.4 Å². The van der Waals surface area contributed by atoms with Gasteiger partial charge in [-0.1, -0.05) is 122 Å². The third-order valence-electron chi connectivity index (χ3n) is 12.1. The van der Waals surface area contributed by atoms with Crippen LogP contribution in [0.2, 0.25) is 0 Å². The van der Waals surface area contributed by atoms with Crippen LogP contribution < -0.4 is 0 Å². The van der Waals surface area contributed by atoms with Crippen molar-refractivity contribution in [2.75, 3.05) is 19.8 Å². The van der Waals surface area contributed by atoms with Crippen LogP contribution in [0, 0.1) is 0 Å². The fraction of sp³-hybridized carbons (Fsp3) is 0.875. The lowest BCUT2D eigenvalue weighted by Crippen LogP contribution is -2.67. The van der Waals surface area contributed by atoms with E-state index < -0.39 is 113 Å². The molecule has 9 N–H and O–H groups in total. The summed E-state index contributed by atoms with van der Waals surface area (Å²) in [5.74, 6) is -1.25. The molecule has 0 spiro atoms. The molecule has 1 aliphatic carbocycles. The second-order valence-corrected chi connectivity index (χ2v) is 19.4. The Morgan fingerprint density at radius 1 is 0.552 bits per heavy atom. The van der Waals surface area contributed by atoms with Gasteiger partial charge in [0.15, 0.2) is 12.4 Å². The van der Waals surface area contributed by atoms with Crippen LogP contribution in [0.5, 0.6) is 0 Å². The van der Waals surface area contributed by atoms with Crippen molar-refractivity contribution < 1.29 is 87.9 Å². The molecule has 67 heavy (non-hydrogen) atoms. The number of carbonyl (C=O) groups excluding carboxylic acids is 2. The van der Waals surface area contributed by atoms with Gasteiger partial charge in [0, 0.05) is 12.8 Å². The molecule has 0 radical (unpaired) electrons. The molecule has 13 unspecified atom stereocenters. The first-order valence-electron chi connectivity index (χ1n) is 25.2. The minimum atomic E-state index is -5.38. The molecule has 0 aromatic rings. The van der Waals surface area contributed by atoms with Crippen LogP contribution in [-0.4, -0.2) is 151 Å². The molecule has 1 saturated carbocycles. The highest BCUT2D eigenvalue weighted by molar-refractivity contribution is 7.47. The van der Waals surface area contributed by atoms with E-state index in [1.54, 1.807) is 0 Å². The van der Waals surface area contributed by atoms with Crippen LogP contribution in [0.3, 0.4) is 0 Å².